The van der Waals surface area contributed by atoms with E-state index in [4.69, 9.17) is 10.5 Å². The SMILES string of the molecule is Cc1cc(C)c(C(N)C2CN(C(C)C)CCO2)cc1C. The van der Waals surface area contributed by atoms with Gasteiger partial charge in [0.05, 0.1) is 18.8 Å². The highest BCUT2D eigenvalue weighted by molar-refractivity contribution is 5.38. The summed E-state index contributed by atoms with van der Waals surface area (Å²) in [5.74, 6) is 0. The minimum Gasteiger partial charge on any atom is -0.374 e. The van der Waals surface area contributed by atoms with Gasteiger partial charge in [0.1, 0.15) is 0 Å². The van der Waals surface area contributed by atoms with Crippen LogP contribution in [0.15, 0.2) is 12.1 Å². The van der Waals surface area contributed by atoms with Crippen molar-refractivity contribution in [1.82, 2.24) is 4.90 Å². The molecule has 3 nitrogen and oxygen atoms in total. The summed E-state index contributed by atoms with van der Waals surface area (Å²) >= 11 is 0. The molecule has 0 spiro atoms. The van der Waals surface area contributed by atoms with E-state index in [-0.39, 0.29) is 12.1 Å². The second-order valence-corrected chi connectivity index (χ2v) is 6.32. The number of nitrogens with zero attached hydrogens (tertiary/aromatic N) is 1. The Bertz CT molecular complexity index is 470. The van der Waals surface area contributed by atoms with Crippen molar-refractivity contribution in [3.05, 3.63) is 34.4 Å². The molecule has 1 aliphatic heterocycles. The fourth-order valence-electron chi connectivity index (χ4n) is 2.92. The Hall–Kier alpha value is -0.900. The van der Waals surface area contributed by atoms with Crippen molar-refractivity contribution < 1.29 is 4.74 Å². The first-order valence-corrected chi connectivity index (χ1v) is 7.59. The zero-order valence-corrected chi connectivity index (χ0v) is 13.4. The zero-order chi connectivity index (χ0) is 14.9. The van der Waals surface area contributed by atoms with Crippen LogP contribution in [-0.4, -0.2) is 36.7 Å². The van der Waals surface area contributed by atoms with Gasteiger partial charge in [-0.2, -0.15) is 0 Å². The number of ether oxygens (including phenoxy) is 1. The van der Waals surface area contributed by atoms with E-state index < -0.39 is 0 Å². The number of morpholine rings is 1. The first kappa shape index (κ1) is 15.5. The predicted octanol–water partition coefficient (Wildman–Crippen LogP) is 2.72. The number of hydrogen-bond donors (Lipinski definition) is 1. The highest BCUT2D eigenvalue weighted by Gasteiger charge is 2.28. The molecule has 2 unspecified atom stereocenters. The maximum atomic E-state index is 6.50. The average Bonchev–Trinajstić information content (AvgIpc) is 2.42. The van der Waals surface area contributed by atoms with Crippen molar-refractivity contribution in [2.24, 2.45) is 5.73 Å². The van der Waals surface area contributed by atoms with Gasteiger partial charge in [0.2, 0.25) is 0 Å². The number of nitrogens with two attached hydrogens (primary N) is 1. The van der Waals surface area contributed by atoms with Crippen LogP contribution in [0.4, 0.5) is 0 Å². The monoisotopic (exact) mass is 276 g/mol. The third kappa shape index (κ3) is 3.22. The standard InChI is InChI=1S/C17H28N2O/c1-11(2)19-6-7-20-16(10-19)17(18)15-9-13(4)12(3)8-14(15)5/h8-9,11,16-17H,6-7,10,18H2,1-5H3. The highest BCUT2D eigenvalue weighted by Crippen LogP contribution is 2.26. The fraction of sp³-hybridized carbons (Fsp3) is 0.647. The van der Waals surface area contributed by atoms with Gasteiger partial charge >= 0.3 is 0 Å². The average molecular weight is 276 g/mol. The highest BCUT2D eigenvalue weighted by atomic mass is 16.5. The van der Waals surface area contributed by atoms with Crippen molar-refractivity contribution in [2.45, 2.75) is 52.8 Å². The molecule has 2 N–H and O–H groups in total. The topological polar surface area (TPSA) is 38.5 Å². The Morgan fingerprint density at radius 1 is 1.15 bits per heavy atom. The fourth-order valence-corrected chi connectivity index (χ4v) is 2.92. The Labute approximate surface area is 123 Å². The summed E-state index contributed by atoms with van der Waals surface area (Å²) in [5.41, 5.74) is 11.6. The Kier molecular flexibility index (Phi) is 4.84. The Morgan fingerprint density at radius 2 is 1.80 bits per heavy atom. The molecular weight excluding hydrogens is 248 g/mol. The lowest BCUT2D eigenvalue weighted by atomic mass is 9.92. The van der Waals surface area contributed by atoms with Crippen molar-refractivity contribution >= 4 is 0 Å². The first-order valence-electron chi connectivity index (χ1n) is 7.59. The van der Waals surface area contributed by atoms with Gasteiger partial charge < -0.3 is 10.5 Å². The van der Waals surface area contributed by atoms with Crippen LogP contribution >= 0.6 is 0 Å². The molecule has 1 aromatic rings. The molecule has 0 bridgehead atoms. The molecule has 1 saturated heterocycles. The minimum atomic E-state index is -0.0455. The van der Waals surface area contributed by atoms with Crippen LogP contribution in [0, 0.1) is 20.8 Å². The third-order valence-corrected chi connectivity index (χ3v) is 4.50. The second-order valence-electron chi connectivity index (χ2n) is 6.32. The first-order chi connectivity index (χ1) is 9.40. The van der Waals surface area contributed by atoms with Gasteiger partial charge in [-0.05, 0) is 56.9 Å². The molecule has 0 radical (unpaired) electrons. The largest absolute Gasteiger partial charge is 0.374 e. The molecule has 3 heteroatoms. The van der Waals surface area contributed by atoms with Gasteiger partial charge in [0.25, 0.3) is 0 Å². The molecule has 1 aliphatic rings. The van der Waals surface area contributed by atoms with Crippen LogP contribution in [-0.2, 0) is 4.74 Å². The normalized spacial score (nSPS) is 22.2. The molecule has 112 valence electrons. The molecule has 0 aromatic heterocycles. The van der Waals surface area contributed by atoms with Crippen LogP contribution in [0.5, 0.6) is 0 Å². The molecular formula is C17H28N2O. The molecule has 20 heavy (non-hydrogen) atoms. The van der Waals surface area contributed by atoms with Crippen LogP contribution < -0.4 is 5.73 Å². The minimum absolute atomic E-state index is 0.0455. The molecule has 2 atom stereocenters. The van der Waals surface area contributed by atoms with Crippen LogP contribution in [0.2, 0.25) is 0 Å². The Morgan fingerprint density at radius 3 is 2.45 bits per heavy atom. The summed E-state index contributed by atoms with van der Waals surface area (Å²) in [7, 11) is 0. The number of rotatable bonds is 3. The number of aryl methyl sites for hydroxylation is 3. The smallest absolute Gasteiger partial charge is 0.0895 e. The van der Waals surface area contributed by atoms with Crippen LogP contribution in [0.25, 0.3) is 0 Å². The van der Waals surface area contributed by atoms with E-state index in [0.29, 0.717) is 6.04 Å². The van der Waals surface area contributed by atoms with Crippen molar-refractivity contribution in [3.8, 4) is 0 Å². The second kappa shape index (κ2) is 6.25. The van der Waals surface area contributed by atoms with E-state index >= 15 is 0 Å². The molecule has 1 fully saturated rings. The van der Waals surface area contributed by atoms with Crippen LogP contribution in [0.1, 0.15) is 42.1 Å². The van der Waals surface area contributed by atoms with E-state index in [0.717, 1.165) is 19.7 Å². The molecule has 0 aliphatic carbocycles. The number of benzene rings is 1. The molecule has 2 rings (SSSR count). The summed E-state index contributed by atoms with van der Waals surface area (Å²) < 4.78 is 5.93. The van der Waals surface area contributed by atoms with Crippen molar-refractivity contribution in [3.63, 3.8) is 0 Å². The van der Waals surface area contributed by atoms with Gasteiger partial charge in [-0.15, -0.1) is 0 Å². The van der Waals surface area contributed by atoms with Gasteiger partial charge in [0.15, 0.2) is 0 Å². The molecule has 1 heterocycles. The van der Waals surface area contributed by atoms with E-state index in [2.05, 4.69) is 51.7 Å². The quantitative estimate of drug-likeness (QED) is 0.922. The lowest BCUT2D eigenvalue weighted by Crippen LogP contribution is -2.49. The molecule has 0 amide bonds. The predicted molar refractivity (Wildman–Crippen MR) is 84.0 cm³/mol. The lowest BCUT2D eigenvalue weighted by Gasteiger charge is -2.38. The lowest BCUT2D eigenvalue weighted by molar-refractivity contribution is -0.0503. The summed E-state index contributed by atoms with van der Waals surface area (Å²) in [4.78, 5) is 2.45. The van der Waals surface area contributed by atoms with Crippen molar-refractivity contribution in [1.29, 1.82) is 0 Å². The van der Waals surface area contributed by atoms with Gasteiger partial charge in [0, 0.05) is 19.1 Å². The van der Waals surface area contributed by atoms with E-state index in [1.165, 1.54) is 22.3 Å². The van der Waals surface area contributed by atoms with Crippen LogP contribution in [0.3, 0.4) is 0 Å². The maximum Gasteiger partial charge on any atom is 0.0895 e. The van der Waals surface area contributed by atoms with Gasteiger partial charge in [-0.1, -0.05) is 12.1 Å². The molecule has 0 saturated carbocycles. The summed E-state index contributed by atoms with van der Waals surface area (Å²) in [5, 5.41) is 0. The van der Waals surface area contributed by atoms with E-state index in [1.54, 1.807) is 0 Å². The van der Waals surface area contributed by atoms with E-state index in [1.807, 2.05) is 0 Å². The summed E-state index contributed by atoms with van der Waals surface area (Å²) in [6.07, 6.45) is 0.0898. The maximum absolute atomic E-state index is 6.50. The van der Waals surface area contributed by atoms with Crippen molar-refractivity contribution in [2.75, 3.05) is 19.7 Å². The summed E-state index contributed by atoms with van der Waals surface area (Å²) in [6.45, 7) is 13.6. The summed E-state index contributed by atoms with van der Waals surface area (Å²) in [6, 6.07) is 4.96. The zero-order valence-electron chi connectivity index (χ0n) is 13.4. The van der Waals surface area contributed by atoms with Gasteiger partial charge in [-0.3, -0.25) is 4.90 Å². The Balaban J connectivity index is 2.18. The number of hydrogen-bond acceptors (Lipinski definition) is 3. The van der Waals surface area contributed by atoms with Gasteiger partial charge in [-0.25, -0.2) is 0 Å². The molecule has 1 aromatic carbocycles. The third-order valence-electron chi connectivity index (χ3n) is 4.50. The van der Waals surface area contributed by atoms with E-state index in [9.17, 15) is 0 Å².